The minimum atomic E-state index is -3.66. The highest BCUT2D eigenvalue weighted by Crippen LogP contribution is 2.30. The fourth-order valence-corrected chi connectivity index (χ4v) is 4.83. The fourth-order valence-electron chi connectivity index (χ4n) is 2.88. The summed E-state index contributed by atoms with van der Waals surface area (Å²) in [5.74, 6) is 0.569. The zero-order valence-corrected chi connectivity index (χ0v) is 20.0. The molecule has 10 heteroatoms. The van der Waals surface area contributed by atoms with Gasteiger partial charge in [-0.1, -0.05) is 37.0 Å². The lowest BCUT2D eigenvalue weighted by Gasteiger charge is -2.19. The van der Waals surface area contributed by atoms with E-state index in [0.29, 0.717) is 46.7 Å². The maximum absolute atomic E-state index is 12.8. The number of methoxy groups -OCH3 is 1. The van der Waals surface area contributed by atoms with Gasteiger partial charge in [-0.15, -0.1) is 0 Å². The third-order valence-electron chi connectivity index (χ3n) is 4.49. The highest BCUT2D eigenvalue weighted by molar-refractivity contribution is 7.89. The van der Waals surface area contributed by atoms with Crippen LogP contribution in [-0.4, -0.2) is 45.4 Å². The molecule has 0 radical (unpaired) electrons. The molecule has 0 aliphatic rings. The smallest absolute Gasteiger partial charge is 0.243 e. The number of sulfonamides is 1. The van der Waals surface area contributed by atoms with Crippen molar-refractivity contribution >= 4 is 44.8 Å². The van der Waals surface area contributed by atoms with Crippen molar-refractivity contribution in [2.24, 2.45) is 0 Å². The molecule has 31 heavy (non-hydrogen) atoms. The molecule has 2 aromatic carbocycles. The molecule has 2 aromatic rings. The minimum Gasteiger partial charge on any atom is -0.495 e. The molecule has 0 spiro atoms. The Morgan fingerprint density at radius 1 is 1.06 bits per heavy atom. The molecule has 0 aliphatic carbocycles. The van der Waals surface area contributed by atoms with E-state index in [1.807, 2.05) is 0 Å². The van der Waals surface area contributed by atoms with Gasteiger partial charge in [-0.2, -0.15) is 4.31 Å². The largest absolute Gasteiger partial charge is 0.495 e. The molecule has 1 amide bonds. The van der Waals surface area contributed by atoms with Crippen molar-refractivity contribution in [2.75, 3.05) is 32.1 Å². The van der Waals surface area contributed by atoms with E-state index in [4.69, 9.17) is 32.7 Å². The Balaban J connectivity index is 2.01. The van der Waals surface area contributed by atoms with Gasteiger partial charge in [-0.3, -0.25) is 4.79 Å². The Labute approximate surface area is 193 Å². The van der Waals surface area contributed by atoms with Gasteiger partial charge in [0.15, 0.2) is 0 Å². The van der Waals surface area contributed by atoms with E-state index in [0.717, 1.165) is 0 Å². The van der Waals surface area contributed by atoms with Crippen LogP contribution in [-0.2, 0) is 14.8 Å². The summed E-state index contributed by atoms with van der Waals surface area (Å²) in [6, 6.07) is 9.31. The van der Waals surface area contributed by atoms with Crippen LogP contribution in [0.3, 0.4) is 0 Å². The molecule has 0 unspecified atom stereocenters. The molecule has 0 fully saturated rings. The Morgan fingerprint density at radius 3 is 2.35 bits per heavy atom. The van der Waals surface area contributed by atoms with Crippen molar-refractivity contribution in [1.82, 2.24) is 4.31 Å². The van der Waals surface area contributed by atoms with Gasteiger partial charge in [0.25, 0.3) is 0 Å². The van der Waals surface area contributed by atoms with Gasteiger partial charge in [0.05, 0.1) is 29.3 Å². The van der Waals surface area contributed by atoms with Crippen molar-refractivity contribution in [3.63, 3.8) is 0 Å². The van der Waals surface area contributed by atoms with E-state index >= 15 is 0 Å². The van der Waals surface area contributed by atoms with Crippen LogP contribution in [0.2, 0.25) is 10.0 Å². The van der Waals surface area contributed by atoms with Crippen LogP contribution in [0.5, 0.6) is 11.5 Å². The number of hydrogen-bond acceptors (Lipinski definition) is 5. The Morgan fingerprint density at radius 2 is 1.74 bits per heavy atom. The van der Waals surface area contributed by atoms with Gasteiger partial charge < -0.3 is 14.8 Å². The lowest BCUT2D eigenvalue weighted by Crippen LogP contribution is -2.30. The van der Waals surface area contributed by atoms with Crippen LogP contribution < -0.4 is 14.8 Å². The molecule has 0 atom stereocenters. The van der Waals surface area contributed by atoms with Crippen molar-refractivity contribution in [1.29, 1.82) is 0 Å². The van der Waals surface area contributed by atoms with Crippen LogP contribution in [0.25, 0.3) is 0 Å². The van der Waals surface area contributed by atoms with E-state index in [2.05, 4.69) is 5.32 Å². The molecule has 0 bridgehead atoms. The summed E-state index contributed by atoms with van der Waals surface area (Å²) in [6.45, 7) is 4.52. The number of halogens is 2. The molecule has 0 heterocycles. The Bertz CT molecular complexity index is 1010. The van der Waals surface area contributed by atoms with Crippen molar-refractivity contribution in [3.8, 4) is 11.5 Å². The molecule has 2 rings (SSSR count). The monoisotopic (exact) mass is 488 g/mol. The summed E-state index contributed by atoms with van der Waals surface area (Å²) < 4.78 is 37.7. The highest BCUT2D eigenvalue weighted by Gasteiger charge is 2.23. The number of hydrogen-bond donors (Lipinski definition) is 1. The SMILES string of the molecule is CCN(CC)S(=O)(=O)c1ccc(OC)c(NC(=O)CCCOc2ccc(Cl)cc2Cl)c1. The summed E-state index contributed by atoms with van der Waals surface area (Å²) in [7, 11) is -2.21. The van der Waals surface area contributed by atoms with Crippen LogP contribution in [0.4, 0.5) is 5.69 Å². The maximum Gasteiger partial charge on any atom is 0.243 e. The topological polar surface area (TPSA) is 84.9 Å². The average Bonchev–Trinajstić information content (AvgIpc) is 2.73. The first-order valence-electron chi connectivity index (χ1n) is 9.78. The van der Waals surface area contributed by atoms with Gasteiger partial charge in [-0.05, 0) is 42.8 Å². The number of nitrogens with one attached hydrogen (secondary N) is 1. The first kappa shape index (κ1) is 25.3. The zero-order valence-electron chi connectivity index (χ0n) is 17.7. The number of nitrogens with zero attached hydrogens (tertiary/aromatic N) is 1. The lowest BCUT2D eigenvalue weighted by atomic mass is 10.2. The van der Waals surface area contributed by atoms with Gasteiger partial charge in [0.2, 0.25) is 15.9 Å². The number of ether oxygens (including phenoxy) is 2. The number of benzene rings is 2. The standard InChI is InChI=1S/C21H26Cl2N2O5S/c1-4-25(5-2)31(27,28)16-9-11-20(29-3)18(14-16)24-21(26)7-6-12-30-19-10-8-15(22)13-17(19)23/h8-11,13-14H,4-7,12H2,1-3H3,(H,24,26). The summed E-state index contributed by atoms with van der Waals surface area (Å²) in [4.78, 5) is 12.5. The molecular formula is C21H26Cl2N2O5S. The van der Waals surface area contributed by atoms with Crippen molar-refractivity contribution in [2.45, 2.75) is 31.6 Å². The maximum atomic E-state index is 12.8. The van der Waals surface area contributed by atoms with E-state index < -0.39 is 10.0 Å². The van der Waals surface area contributed by atoms with E-state index in [1.165, 1.54) is 29.6 Å². The number of anilines is 1. The lowest BCUT2D eigenvalue weighted by molar-refractivity contribution is -0.116. The van der Waals surface area contributed by atoms with Crippen molar-refractivity contribution < 1.29 is 22.7 Å². The van der Waals surface area contributed by atoms with E-state index in [9.17, 15) is 13.2 Å². The Hall–Kier alpha value is -2.00. The second-order valence-electron chi connectivity index (χ2n) is 6.53. The summed E-state index contributed by atoms with van der Waals surface area (Å²) in [5, 5.41) is 3.63. The average molecular weight is 489 g/mol. The molecule has 0 saturated heterocycles. The molecule has 0 aliphatic heterocycles. The number of carbonyl (C=O) groups is 1. The van der Waals surface area contributed by atoms with Crippen molar-refractivity contribution in [3.05, 3.63) is 46.4 Å². The number of rotatable bonds is 11. The van der Waals surface area contributed by atoms with Gasteiger partial charge >= 0.3 is 0 Å². The fraction of sp³-hybridized carbons (Fsp3) is 0.381. The van der Waals surface area contributed by atoms with Gasteiger partial charge in [0, 0.05) is 24.5 Å². The third-order valence-corrected chi connectivity index (χ3v) is 7.06. The second kappa shape index (κ2) is 11.6. The van der Waals surface area contributed by atoms with Crippen LogP contribution >= 0.6 is 23.2 Å². The third kappa shape index (κ3) is 6.74. The van der Waals surface area contributed by atoms with Crippen LogP contribution in [0.1, 0.15) is 26.7 Å². The normalized spacial score (nSPS) is 11.4. The predicted octanol–water partition coefficient (Wildman–Crippen LogP) is 4.83. The molecular weight excluding hydrogens is 463 g/mol. The van der Waals surface area contributed by atoms with E-state index in [1.54, 1.807) is 32.0 Å². The summed E-state index contributed by atoms with van der Waals surface area (Å²) in [5.41, 5.74) is 0.294. The van der Waals surface area contributed by atoms with Crippen LogP contribution in [0, 0.1) is 0 Å². The Kier molecular flexibility index (Phi) is 9.43. The van der Waals surface area contributed by atoms with Gasteiger partial charge in [0.1, 0.15) is 11.5 Å². The molecule has 0 saturated carbocycles. The zero-order chi connectivity index (χ0) is 23.0. The predicted molar refractivity (Wildman–Crippen MR) is 123 cm³/mol. The summed E-state index contributed by atoms with van der Waals surface area (Å²) >= 11 is 11.9. The molecule has 170 valence electrons. The second-order valence-corrected chi connectivity index (χ2v) is 9.31. The number of amides is 1. The quantitative estimate of drug-likeness (QED) is 0.457. The minimum absolute atomic E-state index is 0.0908. The molecule has 1 N–H and O–H groups in total. The summed E-state index contributed by atoms with van der Waals surface area (Å²) in [6.07, 6.45) is 0.603. The molecule has 0 aromatic heterocycles. The van der Waals surface area contributed by atoms with E-state index in [-0.39, 0.29) is 23.8 Å². The highest BCUT2D eigenvalue weighted by atomic mass is 35.5. The number of carbonyl (C=O) groups excluding carboxylic acids is 1. The molecule has 7 nitrogen and oxygen atoms in total. The van der Waals surface area contributed by atoms with Gasteiger partial charge in [-0.25, -0.2) is 8.42 Å². The first-order chi connectivity index (χ1) is 14.7. The van der Waals surface area contributed by atoms with Crippen LogP contribution in [0.15, 0.2) is 41.3 Å². The first-order valence-corrected chi connectivity index (χ1v) is 12.0.